The first-order valence-electron chi connectivity index (χ1n) is 5.94. The minimum absolute atomic E-state index is 0.226. The van der Waals surface area contributed by atoms with Gasteiger partial charge in [0.2, 0.25) is 0 Å². The molecule has 0 atom stereocenters. The molecule has 0 radical (unpaired) electrons. The fraction of sp³-hybridized carbons (Fsp3) is 0.286. The van der Waals surface area contributed by atoms with Crippen LogP contribution in [-0.2, 0) is 13.2 Å². The molecule has 0 aliphatic heterocycles. The molecule has 2 rings (SSSR count). The Labute approximate surface area is 106 Å². The van der Waals surface area contributed by atoms with Crippen molar-refractivity contribution < 1.29 is 5.11 Å². The number of rotatable bonds is 3. The molecule has 0 unspecified atom stereocenters. The Bertz CT molecular complexity index is 572. The average molecular weight is 244 g/mol. The fourth-order valence-corrected chi connectivity index (χ4v) is 1.79. The summed E-state index contributed by atoms with van der Waals surface area (Å²) in [6, 6.07) is 9.57. The van der Waals surface area contributed by atoms with Crippen LogP contribution in [0.1, 0.15) is 18.1 Å². The zero-order valence-electron chi connectivity index (χ0n) is 10.6. The summed E-state index contributed by atoms with van der Waals surface area (Å²) in [5.41, 5.74) is 2.97. The summed E-state index contributed by atoms with van der Waals surface area (Å²) in [4.78, 5) is 11.8. The van der Waals surface area contributed by atoms with Gasteiger partial charge >= 0.3 is 0 Å². The van der Waals surface area contributed by atoms with E-state index in [9.17, 15) is 9.90 Å². The van der Waals surface area contributed by atoms with E-state index < -0.39 is 0 Å². The number of aryl methyl sites for hydroxylation is 2. The summed E-state index contributed by atoms with van der Waals surface area (Å²) < 4.78 is 1.38. The number of hydrogen-bond donors (Lipinski definition) is 1. The molecule has 4 heteroatoms. The van der Waals surface area contributed by atoms with E-state index in [0.29, 0.717) is 17.8 Å². The first-order valence-corrected chi connectivity index (χ1v) is 5.94. The van der Waals surface area contributed by atoms with E-state index >= 15 is 0 Å². The van der Waals surface area contributed by atoms with Crippen LogP contribution in [0.3, 0.4) is 0 Å². The summed E-state index contributed by atoms with van der Waals surface area (Å²) in [6.07, 6.45) is 0. The number of aliphatic hydroxyl groups is 1. The molecule has 0 aliphatic carbocycles. The second-order valence-corrected chi connectivity index (χ2v) is 4.20. The lowest BCUT2D eigenvalue weighted by molar-refractivity contribution is 0.278. The van der Waals surface area contributed by atoms with Gasteiger partial charge in [-0.2, -0.15) is 5.10 Å². The summed E-state index contributed by atoms with van der Waals surface area (Å²) in [6.45, 7) is 4.10. The molecule has 4 nitrogen and oxygen atoms in total. The molecule has 1 N–H and O–H groups in total. The van der Waals surface area contributed by atoms with Crippen LogP contribution in [0.2, 0.25) is 0 Å². The Morgan fingerprint density at radius 3 is 2.50 bits per heavy atom. The first-order chi connectivity index (χ1) is 8.65. The van der Waals surface area contributed by atoms with Crippen LogP contribution in [0.15, 0.2) is 35.1 Å². The molecule has 0 spiro atoms. The van der Waals surface area contributed by atoms with E-state index in [2.05, 4.69) is 5.10 Å². The third-order valence-electron chi connectivity index (χ3n) is 2.87. The van der Waals surface area contributed by atoms with E-state index in [0.717, 1.165) is 5.56 Å². The highest BCUT2D eigenvalue weighted by atomic mass is 16.3. The van der Waals surface area contributed by atoms with E-state index in [1.165, 1.54) is 10.2 Å². The number of hydrogen-bond acceptors (Lipinski definition) is 3. The highest BCUT2D eigenvalue weighted by Gasteiger charge is 2.08. The van der Waals surface area contributed by atoms with Crippen LogP contribution >= 0.6 is 0 Å². The van der Waals surface area contributed by atoms with Crippen LogP contribution in [0.4, 0.5) is 0 Å². The Kier molecular flexibility index (Phi) is 3.58. The third kappa shape index (κ3) is 2.33. The molecule has 0 fully saturated rings. The lowest BCUT2D eigenvalue weighted by atomic mass is 10.1. The molecule has 0 saturated heterocycles. The molecule has 94 valence electrons. The summed E-state index contributed by atoms with van der Waals surface area (Å²) >= 11 is 0. The Morgan fingerprint density at radius 1 is 1.28 bits per heavy atom. The lowest BCUT2D eigenvalue weighted by Gasteiger charge is -2.08. The van der Waals surface area contributed by atoms with Crippen LogP contribution in [0.25, 0.3) is 11.3 Å². The second-order valence-electron chi connectivity index (χ2n) is 4.20. The van der Waals surface area contributed by atoms with Gasteiger partial charge in [0.1, 0.15) is 0 Å². The van der Waals surface area contributed by atoms with E-state index in [4.69, 9.17) is 0 Å². The predicted molar refractivity (Wildman–Crippen MR) is 70.3 cm³/mol. The maximum absolute atomic E-state index is 11.8. The Hall–Kier alpha value is -1.94. The second kappa shape index (κ2) is 5.14. The number of aliphatic hydroxyl groups excluding tert-OH is 1. The van der Waals surface area contributed by atoms with E-state index in [1.54, 1.807) is 6.07 Å². The van der Waals surface area contributed by atoms with Gasteiger partial charge in [0, 0.05) is 17.7 Å². The average Bonchev–Trinajstić information content (AvgIpc) is 2.40. The lowest BCUT2D eigenvalue weighted by Crippen LogP contribution is -2.26. The highest BCUT2D eigenvalue weighted by Crippen LogP contribution is 2.17. The highest BCUT2D eigenvalue weighted by molar-refractivity contribution is 5.59. The van der Waals surface area contributed by atoms with Crippen molar-refractivity contribution in [1.82, 2.24) is 9.78 Å². The quantitative estimate of drug-likeness (QED) is 0.894. The molecule has 0 amide bonds. The van der Waals surface area contributed by atoms with Crippen LogP contribution in [0, 0.1) is 6.92 Å². The molecule has 2 aromatic rings. The molecule has 0 bridgehead atoms. The normalized spacial score (nSPS) is 10.6. The van der Waals surface area contributed by atoms with Gasteiger partial charge in [0.05, 0.1) is 12.3 Å². The topological polar surface area (TPSA) is 55.1 Å². The SMILES string of the molecule is CCn1nc(-c2ccc(C)cc2)cc(CO)c1=O. The van der Waals surface area contributed by atoms with Gasteiger partial charge in [-0.25, -0.2) is 4.68 Å². The summed E-state index contributed by atoms with van der Waals surface area (Å²) in [7, 11) is 0. The van der Waals surface area contributed by atoms with Crippen molar-refractivity contribution in [3.63, 3.8) is 0 Å². The van der Waals surface area contributed by atoms with Crippen molar-refractivity contribution in [3.8, 4) is 11.3 Å². The van der Waals surface area contributed by atoms with E-state index in [1.807, 2.05) is 38.1 Å². The van der Waals surface area contributed by atoms with Gasteiger partial charge in [-0.3, -0.25) is 4.79 Å². The monoisotopic (exact) mass is 244 g/mol. The maximum atomic E-state index is 11.8. The van der Waals surface area contributed by atoms with Gasteiger partial charge in [-0.05, 0) is 19.9 Å². The van der Waals surface area contributed by atoms with Gasteiger partial charge in [-0.1, -0.05) is 29.8 Å². The van der Waals surface area contributed by atoms with Crippen molar-refractivity contribution in [2.24, 2.45) is 0 Å². The minimum atomic E-state index is -0.264. The molecular weight excluding hydrogens is 228 g/mol. The van der Waals surface area contributed by atoms with Gasteiger partial charge in [0.15, 0.2) is 0 Å². The Morgan fingerprint density at radius 2 is 1.94 bits per heavy atom. The summed E-state index contributed by atoms with van der Waals surface area (Å²) in [5, 5.41) is 13.5. The van der Waals surface area contributed by atoms with Crippen molar-refractivity contribution >= 4 is 0 Å². The molecule has 1 aromatic carbocycles. The number of nitrogens with zero attached hydrogens (tertiary/aromatic N) is 2. The molecule has 1 aromatic heterocycles. The van der Waals surface area contributed by atoms with Gasteiger partial charge < -0.3 is 5.11 Å². The third-order valence-corrected chi connectivity index (χ3v) is 2.87. The van der Waals surface area contributed by atoms with Crippen molar-refractivity contribution in [2.75, 3.05) is 0 Å². The number of aromatic nitrogens is 2. The zero-order chi connectivity index (χ0) is 13.1. The molecular formula is C14H16N2O2. The van der Waals surface area contributed by atoms with Crippen molar-refractivity contribution in [2.45, 2.75) is 27.0 Å². The van der Waals surface area contributed by atoms with E-state index in [-0.39, 0.29) is 12.2 Å². The minimum Gasteiger partial charge on any atom is -0.391 e. The standard InChI is InChI=1S/C14H16N2O2/c1-3-16-14(18)12(9-17)8-13(15-16)11-6-4-10(2)5-7-11/h4-8,17H,3,9H2,1-2H3. The summed E-state index contributed by atoms with van der Waals surface area (Å²) in [5.74, 6) is 0. The molecule has 18 heavy (non-hydrogen) atoms. The predicted octanol–water partition coefficient (Wildman–Crippen LogP) is 1.73. The van der Waals surface area contributed by atoms with Gasteiger partial charge in [-0.15, -0.1) is 0 Å². The zero-order valence-corrected chi connectivity index (χ0v) is 10.6. The molecule has 0 aliphatic rings. The van der Waals surface area contributed by atoms with Crippen LogP contribution in [0.5, 0.6) is 0 Å². The van der Waals surface area contributed by atoms with Gasteiger partial charge in [0.25, 0.3) is 5.56 Å². The Balaban J connectivity index is 2.57. The number of benzene rings is 1. The first kappa shape index (κ1) is 12.5. The van der Waals surface area contributed by atoms with Crippen molar-refractivity contribution in [3.05, 3.63) is 51.8 Å². The van der Waals surface area contributed by atoms with Crippen LogP contribution < -0.4 is 5.56 Å². The van der Waals surface area contributed by atoms with Crippen LogP contribution in [-0.4, -0.2) is 14.9 Å². The largest absolute Gasteiger partial charge is 0.391 e. The molecule has 0 saturated carbocycles. The smallest absolute Gasteiger partial charge is 0.272 e. The van der Waals surface area contributed by atoms with Crippen molar-refractivity contribution in [1.29, 1.82) is 0 Å². The maximum Gasteiger partial charge on any atom is 0.272 e. The fourth-order valence-electron chi connectivity index (χ4n) is 1.79. The molecule has 1 heterocycles.